The number of aromatic nitrogens is 1. The van der Waals surface area contributed by atoms with Gasteiger partial charge < -0.3 is 14.5 Å². The van der Waals surface area contributed by atoms with Gasteiger partial charge in [0.1, 0.15) is 30.0 Å². The van der Waals surface area contributed by atoms with E-state index in [0.29, 0.717) is 37.8 Å². The summed E-state index contributed by atoms with van der Waals surface area (Å²) in [5.74, 6) is -1.16. The predicted molar refractivity (Wildman–Crippen MR) is 157 cm³/mol. The van der Waals surface area contributed by atoms with Crippen molar-refractivity contribution in [1.29, 1.82) is 0 Å². The summed E-state index contributed by atoms with van der Waals surface area (Å²) < 4.78 is 40.2. The van der Waals surface area contributed by atoms with Gasteiger partial charge in [-0.25, -0.2) is 13.8 Å². The molecule has 42 heavy (non-hydrogen) atoms. The minimum Gasteiger partial charge on any atom is -0.483 e. The Bertz CT molecular complexity index is 2020. The Morgan fingerprint density at radius 1 is 1.12 bits per heavy atom. The third kappa shape index (κ3) is 5.36. The number of hydrogen-bond acceptors (Lipinski definition) is 7. The zero-order valence-electron chi connectivity index (χ0n) is 22.4. The van der Waals surface area contributed by atoms with E-state index >= 15 is 0 Å². The minimum absolute atomic E-state index is 0.0887. The average molecular weight is 604 g/mol. The van der Waals surface area contributed by atoms with Crippen LogP contribution in [0.4, 0.5) is 14.5 Å². The molecule has 4 heterocycles. The van der Waals surface area contributed by atoms with Crippen LogP contribution in [0.2, 0.25) is 0 Å². The molecule has 1 atom stereocenters. The number of carbonyl (C=O) groups is 1. The Hall–Kier alpha value is -4.61. The molecule has 11 heteroatoms. The van der Waals surface area contributed by atoms with E-state index in [0.717, 1.165) is 22.6 Å². The molecule has 0 fully saturated rings. The predicted octanol–water partition coefficient (Wildman–Crippen LogP) is 5.69. The molecule has 1 aliphatic heterocycles. The molecule has 7 nitrogen and oxygen atoms in total. The van der Waals surface area contributed by atoms with Crippen molar-refractivity contribution in [2.75, 3.05) is 5.32 Å². The summed E-state index contributed by atoms with van der Waals surface area (Å²) in [5, 5.41) is 4.90. The van der Waals surface area contributed by atoms with Gasteiger partial charge in [-0.3, -0.25) is 14.2 Å². The van der Waals surface area contributed by atoms with Gasteiger partial charge in [0.05, 0.1) is 15.8 Å². The number of hydrogen-bond donors (Lipinski definition) is 1. The highest BCUT2D eigenvalue weighted by molar-refractivity contribution is 7.10. The van der Waals surface area contributed by atoms with Crippen LogP contribution in [0, 0.1) is 18.6 Å². The number of nitrogens with one attached hydrogen (secondary N) is 1. The SMILES string of the molecule is CC1=C(C(=O)Nc2ccccc2C)C(c2cccs2)n2c(sc(=Cc3ccc(COc4ccc(F)cc4F)o3)c2=O)=N1. The molecule has 0 aliphatic carbocycles. The van der Waals surface area contributed by atoms with Crippen LogP contribution in [-0.4, -0.2) is 10.5 Å². The molecule has 0 spiro atoms. The number of halogens is 2. The summed E-state index contributed by atoms with van der Waals surface area (Å²) in [6, 6.07) is 17.0. The van der Waals surface area contributed by atoms with E-state index in [-0.39, 0.29) is 23.8 Å². The van der Waals surface area contributed by atoms with E-state index in [4.69, 9.17) is 9.15 Å². The Morgan fingerprint density at radius 3 is 2.71 bits per heavy atom. The fourth-order valence-corrected chi connectivity index (χ4v) is 6.50. The highest BCUT2D eigenvalue weighted by Gasteiger charge is 2.33. The van der Waals surface area contributed by atoms with Crippen LogP contribution in [0.5, 0.6) is 5.75 Å². The van der Waals surface area contributed by atoms with Crippen molar-refractivity contribution < 1.29 is 22.7 Å². The number of allylic oxidation sites excluding steroid dienone is 1. The number of carbonyl (C=O) groups excluding carboxylic acids is 1. The lowest BCUT2D eigenvalue weighted by Crippen LogP contribution is -2.40. The summed E-state index contributed by atoms with van der Waals surface area (Å²) in [7, 11) is 0. The maximum Gasteiger partial charge on any atom is 0.271 e. The molecule has 1 amide bonds. The first-order valence-electron chi connectivity index (χ1n) is 12.9. The van der Waals surface area contributed by atoms with Crippen LogP contribution in [0.1, 0.15) is 34.9 Å². The molecule has 1 unspecified atom stereocenters. The van der Waals surface area contributed by atoms with Crippen LogP contribution in [0.3, 0.4) is 0 Å². The summed E-state index contributed by atoms with van der Waals surface area (Å²) in [6.45, 7) is 3.59. The van der Waals surface area contributed by atoms with Gasteiger partial charge in [-0.15, -0.1) is 11.3 Å². The summed E-state index contributed by atoms with van der Waals surface area (Å²) in [4.78, 5) is 33.4. The highest BCUT2D eigenvalue weighted by Crippen LogP contribution is 2.33. The van der Waals surface area contributed by atoms with Gasteiger partial charge in [-0.2, -0.15) is 0 Å². The second-order valence-corrected chi connectivity index (χ2v) is 11.5. The van der Waals surface area contributed by atoms with Crippen LogP contribution in [0.25, 0.3) is 6.08 Å². The molecule has 0 saturated carbocycles. The second-order valence-electron chi connectivity index (χ2n) is 9.53. The molecule has 1 aliphatic rings. The number of aryl methyl sites for hydroxylation is 1. The van der Waals surface area contributed by atoms with Gasteiger partial charge in [0.2, 0.25) is 0 Å². The van der Waals surface area contributed by atoms with Crippen molar-refractivity contribution in [2.45, 2.75) is 26.5 Å². The number of furan rings is 1. The van der Waals surface area contributed by atoms with E-state index in [1.807, 2.05) is 48.7 Å². The number of ether oxygens (including phenoxy) is 1. The molecule has 1 N–H and O–H groups in total. The lowest BCUT2D eigenvalue weighted by atomic mass is 10.0. The maximum absolute atomic E-state index is 13.9. The van der Waals surface area contributed by atoms with E-state index in [1.54, 1.807) is 29.7 Å². The highest BCUT2D eigenvalue weighted by atomic mass is 32.1. The monoisotopic (exact) mass is 603 g/mol. The summed E-state index contributed by atoms with van der Waals surface area (Å²) >= 11 is 2.65. The summed E-state index contributed by atoms with van der Waals surface area (Å²) in [6.07, 6.45) is 1.60. The number of thiazole rings is 1. The molecule has 0 saturated heterocycles. The fourth-order valence-electron chi connectivity index (χ4n) is 4.65. The molecule has 3 aromatic heterocycles. The van der Waals surface area contributed by atoms with Crippen molar-refractivity contribution in [2.24, 2.45) is 4.99 Å². The smallest absolute Gasteiger partial charge is 0.271 e. The zero-order chi connectivity index (χ0) is 29.4. The first-order chi connectivity index (χ1) is 20.3. The quantitative estimate of drug-likeness (QED) is 0.259. The third-order valence-electron chi connectivity index (χ3n) is 6.69. The Balaban J connectivity index is 1.32. The molecule has 0 radical (unpaired) electrons. The molecule has 6 rings (SSSR count). The first-order valence-corrected chi connectivity index (χ1v) is 14.6. The van der Waals surface area contributed by atoms with Gasteiger partial charge in [0.15, 0.2) is 16.4 Å². The summed E-state index contributed by atoms with van der Waals surface area (Å²) in [5.41, 5.74) is 2.21. The molecule has 212 valence electrons. The number of fused-ring (bicyclic) bond motifs is 1. The Labute approximate surface area is 246 Å². The molecule has 5 aromatic rings. The van der Waals surface area contributed by atoms with Gasteiger partial charge >= 0.3 is 0 Å². The largest absolute Gasteiger partial charge is 0.483 e. The van der Waals surface area contributed by atoms with Crippen molar-refractivity contribution in [3.05, 3.63) is 137 Å². The van der Waals surface area contributed by atoms with Gasteiger partial charge in [0, 0.05) is 22.7 Å². The topological polar surface area (TPSA) is 85.8 Å². The van der Waals surface area contributed by atoms with Gasteiger partial charge in [-0.1, -0.05) is 35.6 Å². The van der Waals surface area contributed by atoms with E-state index in [2.05, 4.69) is 10.3 Å². The lowest BCUT2D eigenvalue weighted by Gasteiger charge is -2.24. The number of para-hydroxylation sites is 1. The number of rotatable bonds is 7. The number of thiophene rings is 1. The number of benzene rings is 2. The molecular formula is C31H23F2N3O4S2. The van der Waals surface area contributed by atoms with E-state index < -0.39 is 17.7 Å². The molecule has 0 bridgehead atoms. The van der Waals surface area contributed by atoms with E-state index in [9.17, 15) is 18.4 Å². The van der Waals surface area contributed by atoms with Gasteiger partial charge in [-0.05, 0) is 61.2 Å². The van der Waals surface area contributed by atoms with Crippen LogP contribution >= 0.6 is 22.7 Å². The van der Waals surface area contributed by atoms with Crippen molar-refractivity contribution in [3.63, 3.8) is 0 Å². The number of anilines is 1. The van der Waals surface area contributed by atoms with E-state index in [1.165, 1.54) is 28.7 Å². The third-order valence-corrected chi connectivity index (χ3v) is 8.60. The van der Waals surface area contributed by atoms with Crippen molar-refractivity contribution >= 4 is 40.3 Å². The van der Waals surface area contributed by atoms with Crippen LogP contribution < -0.4 is 24.9 Å². The van der Waals surface area contributed by atoms with Crippen molar-refractivity contribution in [3.8, 4) is 5.75 Å². The minimum atomic E-state index is -0.814. The zero-order valence-corrected chi connectivity index (χ0v) is 24.0. The average Bonchev–Trinajstić information content (AvgIpc) is 3.71. The van der Waals surface area contributed by atoms with Crippen LogP contribution in [0.15, 0.2) is 97.6 Å². The Morgan fingerprint density at radius 2 is 1.95 bits per heavy atom. The second kappa shape index (κ2) is 11.3. The molecular weight excluding hydrogens is 580 g/mol. The van der Waals surface area contributed by atoms with Gasteiger partial charge in [0.25, 0.3) is 11.5 Å². The van der Waals surface area contributed by atoms with Crippen LogP contribution in [-0.2, 0) is 11.4 Å². The van der Waals surface area contributed by atoms with Crippen molar-refractivity contribution in [1.82, 2.24) is 4.57 Å². The standard InChI is InChI=1S/C31H23F2N3O4S2/c1-17-6-3-4-7-23(17)35-29(37)27-18(2)34-31-36(28(27)25-8-5-13-41-25)30(38)26(42-31)15-20-10-11-21(40-20)16-39-24-12-9-19(32)14-22(24)33/h3-15,28H,16H2,1-2H3,(H,35,37). The maximum atomic E-state index is 13.9. The Kier molecular flexibility index (Phi) is 7.44. The first kappa shape index (κ1) is 27.6. The fraction of sp³-hybridized carbons (Fsp3) is 0.129. The molecule has 2 aromatic carbocycles. The normalized spacial score (nSPS) is 15.0. The number of nitrogens with zero attached hydrogens (tertiary/aromatic N) is 2. The number of amides is 1. The lowest BCUT2D eigenvalue weighted by molar-refractivity contribution is -0.113.